The lowest BCUT2D eigenvalue weighted by atomic mass is 10.0. The van der Waals surface area contributed by atoms with Crippen molar-refractivity contribution in [2.45, 2.75) is 33.2 Å². The lowest BCUT2D eigenvalue weighted by molar-refractivity contribution is 0.0374. The second-order valence-electron chi connectivity index (χ2n) is 6.40. The fourth-order valence-electron chi connectivity index (χ4n) is 2.75. The molecule has 0 radical (unpaired) electrons. The van der Waals surface area contributed by atoms with Crippen molar-refractivity contribution in [3.63, 3.8) is 0 Å². The molecule has 1 fully saturated rings. The second kappa shape index (κ2) is 9.19. The van der Waals surface area contributed by atoms with Crippen molar-refractivity contribution < 1.29 is 4.74 Å². The van der Waals surface area contributed by atoms with E-state index in [2.05, 4.69) is 48.3 Å². The highest BCUT2D eigenvalue weighted by Crippen LogP contribution is 2.09. The summed E-state index contributed by atoms with van der Waals surface area (Å²) in [4.78, 5) is 2.49. The Morgan fingerprint density at radius 1 is 1.10 bits per heavy atom. The Balaban J connectivity index is 1.57. The molecule has 1 aliphatic rings. The number of rotatable bonds is 8. The van der Waals surface area contributed by atoms with Gasteiger partial charge >= 0.3 is 0 Å². The van der Waals surface area contributed by atoms with Crippen molar-refractivity contribution in [1.82, 2.24) is 10.2 Å². The van der Waals surface area contributed by atoms with Gasteiger partial charge in [-0.15, -0.1) is 0 Å². The standard InChI is InChI=1S/C18H30N2O/c1-16(2)14-17-4-6-18(7-5-17)15-19-8-3-9-20-10-12-21-13-11-20/h4-7,16,19H,3,8-15H2,1-2H3. The van der Waals surface area contributed by atoms with Crippen LogP contribution in [-0.2, 0) is 17.7 Å². The Morgan fingerprint density at radius 2 is 1.76 bits per heavy atom. The van der Waals surface area contributed by atoms with E-state index in [1.54, 1.807) is 0 Å². The molecule has 0 saturated carbocycles. The largest absolute Gasteiger partial charge is 0.379 e. The monoisotopic (exact) mass is 290 g/mol. The predicted molar refractivity (Wildman–Crippen MR) is 88.6 cm³/mol. The molecule has 0 bridgehead atoms. The van der Waals surface area contributed by atoms with Gasteiger partial charge in [-0.1, -0.05) is 38.1 Å². The van der Waals surface area contributed by atoms with E-state index in [1.165, 1.54) is 30.5 Å². The molecule has 1 saturated heterocycles. The zero-order chi connectivity index (χ0) is 14.9. The van der Waals surface area contributed by atoms with Gasteiger partial charge < -0.3 is 10.1 Å². The summed E-state index contributed by atoms with van der Waals surface area (Å²) in [6, 6.07) is 9.05. The van der Waals surface area contributed by atoms with Gasteiger partial charge in [-0.05, 0) is 43.0 Å². The smallest absolute Gasteiger partial charge is 0.0594 e. The van der Waals surface area contributed by atoms with Crippen molar-refractivity contribution in [3.8, 4) is 0 Å². The molecular formula is C18H30N2O. The van der Waals surface area contributed by atoms with E-state index in [-0.39, 0.29) is 0 Å². The third-order valence-corrected chi connectivity index (χ3v) is 3.93. The quantitative estimate of drug-likeness (QED) is 0.745. The van der Waals surface area contributed by atoms with Gasteiger partial charge in [-0.25, -0.2) is 0 Å². The molecule has 0 aliphatic carbocycles. The van der Waals surface area contributed by atoms with Gasteiger partial charge in [-0.2, -0.15) is 0 Å². The molecule has 3 heteroatoms. The minimum absolute atomic E-state index is 0.731. The summed E-state index contributed by atoms with van der Waals surface area (Å²) >= 11 is 0. The first-order valence-corrected chi connectivity index (χ1v) is 8.32. The maximum absolute atomic E-state index is 5.36. The molecule has 0 atom stereocenters. The van der Waals surface area contributed by atoms with Gasteiger partial charge in [0.1, 0.15) is 0 Å². The lowest BCUT2D eigenvalue weighted by Crippen LogP contribution is -2.37. The minimum Gasteiger partial charge on any atom is -0.379 e. The Morgan fingerprint density at radius 3 is 2.43 bits per heavy atom. The van der Waals surface area contributed by atoms with E-state index in [0.29, 0.717) is 0 Å². The molecule has 0 amide bonds. The van der Waals surface area contributed by atoms with Crippen LogP contribution in [0.25, 0.3) is 0 Å². The molecule has 118 valence electrons. The normalized spacial score (nSPS) is 16.5. The zero-order valence-electron chi connectivity index (χ0n) is 13.6. The van der Waals surface area contributed by atoms with Gasteiger partial charge in [0.25, 0.3) is 0 Å². The summed E-state index contributed by atoms with van der Waals surface area (Å²) in [5, 5.41) is 3.54. The average Bonchev–Trinajstić information content (AvgIpc) is 2.49. The summed E-state index contributed by atoms with van der Waals surface area (Å²) in [6.07, 6.45) is 2.39. The molecule has 2 rings (SSSR count). The van der Waals surface area contributed by atoms with E-state index in [0.717, 1.165) is 45.3 Å². The molecule has 3 nitrogen and oxygen atoms in total. The second-order valence-corrected chi connectivity index (χ2v) is 6.40. The molecule has 1 N–H and O–H groups in total. The fraction of sp³-hybridized carbons (Fsp3) is 0.667. The number of morpholine rings is 1. The number of nitrogens with one attached hydrogen (secondary N) is 1. The third-order valence-electron chi connectivity index (χ3n) is 3.93. The predicted octanol–water partition coefficient (Wildman–Crippen LogP) is 2.70. The first-order chi connectivity index (χ1) is 10.2. The molecule has 21 heavy (non-hydrogen) atoms. The van der Waals surface area contributed by atoms with Crippen LogP contribution in [0.1, 0.15) is 31.4 Å². The topological polar surface area (TPSA) is 24.5 Å². The van der Waals surface area contributed by atoms with Gasteiger partial charge in [0.15, 0.2) is 0 Å². The Hall–Kier alpha value is -0.900. The Bertz CT molecular complexity index is 383. The summed E-state index contributed by atoms with van der Waals surface area (Å²) in [5.74, 6) is 0.731. The van der Waals surface area contributed by atoms with Crippen LogP contribution in [0, 0.1) is 5.92 Å². The van der Waals surface area contributed by atoms with Crippen LogP contribution in [0.2, 0.25) is 0 Å². The first-order valence-electron chi connectivity index (χ1n) is 8.32. The van der Waals surface area contributed by atoms with Crippen LogP contribution in [0.3, 0.4) is 0 Å². The van der Waals surface area contributed by atoms with Crippen LogP contribution in [0.5, 0.6) is 0 Å². The SMILES string of the molecule is CC(C)Cc1ccc(CNCCCN2CCOCC2)cc1. The van der Waals surface area contributed by atoms with Gasteiger partial charge in [0.05, 0.1) is 13.2 Å². The lowest BCUT2D eigenvalue weighted by Gasteiger charge is -2.26. The summed E-state index contributed by atoms with van der Waals surface area (Å²) in [6.45, 7) is 11.8. The highest BCUT2D eigenvalue weighted by Gasteiger charge is 2.08. The van der Waals surface area contributed by atoms with Crippen LogP contribution >= 0.6 is 0 Å². The van der Waals surface area contributed by atoms with Crippen molar-refractivity contribution in [3.05, 3.63) is 35.4 Å². The maximum Gasteiger partial charge on any atom is 0.0594 e. The first kappa shape index (κ1) is 16.5. The molecule has 0 aromatic heterocycles. The number of hydrogen-bond donors (Lipinski definition) is 1. The fourth-order valence-corrected chi connectivity index (χ4v) is 2.75. The van der Waals surface area contributed by atoms with E-state index in [9.17, 15) is 0 Å². The zero-order valence-corrected chi connectivity index (χ0v) is 13.6. The van der Waals surface area contributed by atoms with Crippen molar-refractivity contribution >= 4 is 0 Å². The molecule has 1 aliphatic heterocycles. The van der Waals surface area contributed by atoms with Crippen LogP contribution in [0.4, 0.5) is 0 Å². The van der Waals surface area contributed by atoms with E-state index in [4.69, 9.17) is 4.74 Å². The molecule has 1 aromatic rings. The van der Waals surface area contributed by atoms with E-state index in [1.807, 2.05) is 0 Å². The van der Waals surface area contributed by atoms with Crippen molar-refractivity contribution in [2.24, 2.45) is 5.92 Å². The number of ether oxygens (including phenoxy) is 1. The Kier molecular flexibility index (Phi) is 7.20. The van der Waals surface area contributed by atoms with E-state index < -0.39 is 0 Å². The number of nitrogens with zero attached hydrogens (tertiary/aromatic N) is 1. The van der Waals surface area contributed by atoms with Crippen LogP contribution in [-0.4, -0.2) is 44.3 Å². The molecule has 0 spiro atoms. The molecule has 1 heterocycles. The van der Waals surface area contributed by atoms with E-state index >= 15 is 0 Å². The maximum atomic E-state index is 5.36. The third kappa shape index (κ3) is 6.60. The van der Waals surface area contributed by atoms with Gasteiger partial charge in [0, 0.05) is 19.6 Å². The number of hydrogen-bond acceptors (Lipinski definition) is 3. The summed E-state index contributed by atoms with van der Waals surface area (Å²) < 4.78 is 5.36. The summed E-state index contributed by atoms with van der Waals surface area (Å²) in [7, 11) is 0. The highest BCUT2D eigenvalue weighted by molar-refractivity contribution is 5.22. The van der Waals surface area contributed by atoms with Crippen molar-refractivity contribution in [2.75, 3.05) is 39.4 Å². The van der Waals surface area contributed by atoms with Crippen LogP contribution in [0.15, 0.2) is 24.3 Å². The Labute approximate surface area is 129 Å². The van der Waals surface area contributed by atoms with Gasteiger partial charge in [-0.3, -0.25) is 4.90 Å². The van der Waals surface area contributed by atoms with Crippen molar-refractivity contribution in [1.29, 1.82) is 0 Å². The number of benzene rings is 1. The molecule has 1 aromatic carbocycles. The molecular weight excluding hydrogens is 260 g/mol. The summed E-state index contributed by atoms with van der Waals surface area (Å²) in [5.41, 5.74) is 2.83. The van der Waals surface area contributed by atoms with Gasteiger partial charge in [0.2, 0.25) is 0 Å². The molecule has 0 unspecified atom stereocenters. The van der Waals surface area contributed by atoms with Crippen LogP contribution < -0.4 is 5.32 Å². The average molecular weight is 290 g/mol. The highest BCUT2D eigenvalue weighted by atomic mass is 16.5. The minimum atomic E-state index is 0.731.